The standard InChI is InChI=1S/C9H8BrNS2/c1-2-12-9-11-7-4-3-6(10)5-8(7)13-9/h3-5H,2H2,1H3. The highest BCUT2D eigenvalue weighted by Gasteiger charge is 2.02. The third kappa shape index (κ3) is 2.06. The Hall–Kier alpha value is -0.0600. The molecule has 0 bridgehead atoms. The lowest BCUT2D eigenvalue weighted by Gasteiger charge is -1.86. The van der Waals surface area contributed by atoms with Crippen molar-refractivity contribution in [1.29, 1.82) is 0 Å². The predicted molar refractivity (Wildman–Crippen MR) is 63.7 cm³/mol. The van der Waals surface area contributed by atoms with E-state index >= 15 is 0 Å². The van der Waals surface area contributed by atoms with Crippen LogP contribution in [-0.4, -0.2) is 10.7 Å². The number of aromatic nitrogens is 1. The van der Waals surface area contributed by atoms with Crippen LogP contribution in [0.5, 0.6) is 0 Å². The monoisotopic (exact) mass is 273 g/mol. The average Bonchev–Trinajstić information content (AvgIpc) is 2.46. The predicted octanol–water partition coefficient (Wildman–Crippen LogP) is 4.17. The normalized spacial score (nSPS) is 10.9. The molecule has 2 rings (SSSR count). The van der Waals surface area contributed by atoms with E-state index in [0.29, 0.717) is 0 Å². The number of fused-ring (bicyclic) bond motifs is 1. The average molecular weight is 274 g/mol. The van der Waals surface area contributed by atoms with E-state index < -0.39 is 0 Å². The van der Waals surface area contributed by atoms with Crippen LogP contribution >= 0.6 is 39.0 Å². The maximum absolute atomic E-state index is 4.50. The second kappa shape index (κ2) is 3.98. The first-order valence-corrected chi connectivity index (χ1v) is 6.58. The Kier molecular flexibility index (Phi) is 2.91. The number of thioether (sulfide) groups is 1. The van der Waals surface area contributed by atoms with Crippen LogP contribution in [0.1, 0.15) is 6.92 Å². The Morgan fingerprint density at radius 1 is 1.54 bits per heavy atom. The van der Waals surface area contributed by atoms with Gasteiger partial charge in [-0.15, -0.1) is 11.3 Å². The highest BCUT2D eigenvalue weighted by Crippen LogP contribution is 2.30. The molecule has 1 aromatic heterocycles. The van der Waals surface area contributed by atoms with Crippen molar-refractivity contribution in [1.82, 2.24) is 4.98 Å². The van der Waals surface area contributed by atoms with Crippen molar-refractivity contribution in [3.8, 4) is 0 Å². The molecular weight excluding hydrogens is 266 g/mol. The zero-order valence-electron chi connectivity index (χ0n) is 7.08. The second-order valence-corrected chi connectivity index (χ2v) is 5.98. The first-order valence-electron chi connectivity index (χ1n) is 3.98. The van der Waals surface area contributed by atoms with Crippen molar-refractivity contribution >= 4 is 49.2 Å². The minimum atomic E-state index is 1.08. The van der Waals surface area contributed by atoms with Gasteiger partial charge in [0.25, 0.3) is 0 Å². The number of thiazole rings is 1. The molecule has 0 fully saturated rings. The molecule has 0 saturated heterocycles. The van der Waals surface area contributed by atoms with Crippen molar-refractivity contribution in [3.63, 3.8) is 0 Å². The smallest absolute Gasteiger partial charge is 0.151 e. The molecule has 1 aromatic carbocycles. The van der Waals surface area contributed by atoms with Crippen LogP contribution in [0.3, 0.4) is 0 Å². The molecule has 0 atom stereocenters. The van der Waals surface area contributed by atoms with E-state index in [-0.39, 0.29) is 0 Å². The number of rotatable bonds is 2. The summed E-state index contributed by atoms with van der Waals surface area (Å²) >= 11 is 7.01. The fraction of sp³-hybridized carbons (Fsp3) is 0.222. The number of hydrogen-bond donors (Lipinski definition) is 0. The summed E-state index contributed by atoms with van der Waals surface area (Å²) in [4.78, 5) is 4.50. The van der Waals surface area contributed by atoms with Crippen LogP contribution in [-0.2, 0) is 0 Å². The van der Waals surface area contributed by atoms with E-state index in [2.05, 4.69) is 40.0 Å². The van der Waals surface area contributed by atoms with Gasteiger partial charge in [-0.2, -0.15) is 0 Å². The lowest BCUT2D eigenvalue weighted by Crippen LogP contribution is -1.69. The first kappa shape index (κ1) is 9.49. The molecule has 0 radical (unpaired) electrons. The van der Waals surface area contributed by atoms with Crippen molar-refractivity contribution < 1.29 is 0 Å². The highest BCUT2D eigenvalue weighted by atomic mass is 79.9. The van der Waals surface area contributed by atoms with Gasteiger partial charge in [-0.3, -0.25) is 0 Å². The molecule has 2 aromatic rings. The summed E-state index contributed by atoms with van der Waals surface area (Å²) in [7, 11) is 0. The summed E-state index contributed by atoms with van der Waals surface area (Å²) in [5, 5.41) is 0. The molecule has 0 saturated carbocycles. The number of nitrogens with zero attached hydrogens (tertiary/aromatic N) is 1. The molecule has 4 heteroatoms. The Labute approximate surface area is 93.7 Å². The molecule has 0 aliphatic rings. The highest BCUT2D eigenvalue weighted by molar-refractivity contribution is 9.10. The van der Waals surface area contributed by atoms with E-state index in [1.807, 2.05) is 6.07 Å². The molecule has 0 aliphatic heterocycles. The summed E-state index contributed by atoms with van der Waals surface area (Å²) in [6.07, 6.45) is 0. The van der Waals surface area contributed by atoms with Gasteiger partial charge in [-0.1, -0.05) is 34.6 Å². The van der Waals surface area contributed by atoms with Gasteiger partial charge in [0.2, 0.25) is 0 Å². The van der Waals surface area contributed by atoms with E-state index in [0.717, 1.165) is 20.1 Å². The Morgan fingerprint density at radius 3 is 3.15 bits per heavy atom. The van der Waals surface area contributed by atoms with Gasteiger partial charge in [0, 0.05) is 4.47 Å². The number of hydrogen-bond acceptors (Lipinski definition) is 3. The van der Waals surface area contributed by atoms with Crippen molar-refractivity contribution in [3.05, 3.63) is 22.7 Å². The lowest BCUT2D eigenvalue weighted by atomic mass is 10.3. The van der Waals surface area contributed by atoms with Gasteiger partial charge in [0.15, 0.2) is 4.34 Å². The van der Waals surface area contributed by atoms with Crippen LogP contribution in [0.25, 0.3) is 10.2 Å². The van der Waals surface area contributed by atoms with Crippen molar-refractivity contribution in [2.24, 2.45) is 0 Å². The zero-order valence-corrected chi connectivity index (χ0v) is 10.3. The van der Waals surface area contributed by atoms with Gasteiger partial charge in [-0.05, 0) is 24.0 Å². The quantitative estimate of drug-likeness (QED) is 0.762. The fourth-order valence-corrected chi connectivity index (χ4v) is 3.58. The third-order valence-corrected chi connectivity index (χ3v) is 4.14. The molecule has 0 N–H and O–H groups in total. The molecule has 1 nitrogen and oxygen atoms in total. The van der Waals surface area contributed by atoms with Crippen LogP contribution in [0.4, 0.5) is 0 Å². The molecule has 13 heavy (non-hydrogen) atoms. The first-order chi connectivity index (χ1) is 6.29. The molecule has 0 amide bonds. The SMILES string of the molecule is CCSc1nc2ccc(Br)cc2s1. The minimum absolute atomic E-state index is 1.08. The maximum Gasteiger partial charge on any atom is 0.151 e. The number of benzene rings is 1. The Balaban J connectivity index is 2.49. The summed E-state index contributed by atoms with van der Waals surface area (Å²) in [5.41, 5.74) is 1.10. The van der Waals surface area contributed by atoms with Crippen LogP contribution in [0.2, 0.25) is 0 Å². The van der Waals surface area contributed by atoms with Crippen LogP contribution in [0.15, 0.2) is 27.0 Å². The van der Waals surface area contributed by atoms with E-state index in [9.17, 15) is 0 Å². The zero-order chi connectivity index (χ0) is 9.26. The fourth-order valence-electron chi connectivity index (χ4n) is 1.06. The van der Waals surface area contributed by atoms with E-state index in [4.69, 9.17) is 0 Å². The van der Waals surface area contributed by atoms with Crippen molar-refractivity contribution in [2.75, 3.05) is 5.75 Å². The van der Waals surface area contributed by atoms with E-state index in [1.54, 1.807) is 23.1 Å². The van der Waals surface area contributed by atoms with Gasteiger partial charge in [-0.25, -0.2) is 4.98 Å². The Bertz CT molecular complexity index is 424. The van der Waals surface area contributed by atoms with Gasteiger partial charge >= 0.3 is 0 Å². The summed E-state index contributed by atoms with van der Waals surface area (Å²) in [6.45, 7) is 2.15. The molecule has 0 aliphatic carbocycles. The van der Waals surface area contributed by atoms with Gasteiger partial charge in [0.05, 0.1) is 10.2 Å². The molecule has 0 spiro atoms. The topological polar surface area (TPSA) is 12.9 Å². The minimum Gasteiger partial charge on any atom is -0.230 e. The summed E-state index contributed by atoms with van der Waals surface area (Å²) in [6, 6.07) is 6.20. The molecular formula is C9H8BrNS2. The lowest BCUT2D eigenvalue weighted by molar-refractivity contribution is 1.30. The molecule has 1 heterocycles. The maximum atomic E-state index is 4.50. The second-order valence-electron chi connectivity index (χ2n) is 2.52. The summed E-state index contributed by atoms with van der Waals surface area (Å²) in [5.74, 6) is 1.08. The summed E-state index contributed by atoms with van der Waals surface area (Å²) < 4.78 is 3.54. The van der Waals surface area contributed by atoms with Crippen LogP contribution in [0, 0.1) is 0 Å². The Morgan fingerprint density at radius 2 is 2.38 bits per heavy atom. The van der Waals surface area contributed by atoms with Crippen LogP contribution < -0.4 is 0 Å². The van der Waals surface area contributed by atoms with Gasteiger partial charge in [0.1, 0.15) is 0 Å². The van der Waals surface area contributed by atoms with E-state index in [1.165, 1.54) is 4.70 Å². The largest absolute Gasteiger partial charge is 0.230 e. The number of halogens is 1. The molecule has 0 unspecified atom stereocenters. The molecule has 68 valence electrons. The van der Waals surface area contributed by atoms with Gasteiger partial charge < -0.3 is 0 Å². The third-order valence-electron chi connectivity index (χ3n) is 1.60. The van der Waals surface area contributed by atoms with Crippen molar-refractivity contribution in [2.45, 2.75) is 11.3 Å².